The fourth-order valence-corrected chi connectivity index (χ4v) is 4.22. The number of hydrogen-bond acceptors (Lipinski definition) is 4. The van der Waals surface area contributed by atoms with Gasteiger partial charge in [-0.25, -0.2) is 4.39 Å². The number of piperidine rings is 1. The molecule has 1 aromatic carbocycles. The molecule has 2 aliphatic rings. The Morgan fingerprint density at radius 1 is 1.17 bits per heavy atom. The quantitative estimate of drug-likeness (QED) is 0.824. The molecule has 2 fully saturated rings. The second-order valence-corrected chi connectivity index (χ2v) is 7.92. The van der Waals surface area contributed by atoms with Crippen molar-refractivity contribution in [1.29, 1.82) is 0 Å². The lowest BCUT2D eigenvalue weighted by Gasteiger charge is -2.36. The first-order chi connectivity index (χ1) is 11.1. The number of Topliss-reactive ketones (excluding diaryl/α,β-unsaturated/α-hetero) is 1. The molecule has 1 aliphatic heterocycles. The lowest BCUT2D eigenvalue weighted by Crippen LogP contribution is -2.42. The monoisotopic (exact) mass is 335 g/mol. The maximum absolute atomic E-state index is 14.3. The molecular formula is C18H22FNO2S. The number of rotatable bonds is 5. The Bertz CT molecular complexity index is 594. The lowest BCUT2D eigenvalue weighted by molar-refractivity contribution is -0.126. The first-order valence-corrected chi connectivity index (χ1v) is 9.13. The number of nitrogens with zero attached hydrogens (tertiary/aromatic N) is 1. The van der Waals surface area contributed by atoms with Crippen molar-refractivity contribution in [2.75, 3.05) is 13.1 Å². The third-order valence-corrected chi connectivity index (χ3v) is 5.76. The molecule has 1 saturated carbocycles. The van der Waals surface area contributed by atoms with E-state index in [1.807, 2.05) is 0 Å². The fraction of sp³-hybridized carbons (Fsp3) is 0.556. The van der Waals surface area contributed by atoms with E-state index in [1.165, 1.54) is 17.8 Å². The first kappa shape index (κ1) is 16.7. The van der Waals surface area contributed by atoms with Crippen molar-refractivity contribution in [3.8, 4) is 0 Å². The van der Waals surface area contributed by atoms with E-state index < -0.39 is 6.04 Å². The summed E-state index contributed by atoms with van der Waals surface area (Å²) in [6, 6.07) is 6.15. The summed E-state index contributed by atoms with van der Waals surface area (Å²) in [4.78, 5) is 26.1. The molecule has 0 N–H and O–H groups in total. The third kappa shape index (κ3) is 4.01. The zero-order valence-electron chi connectivity index (χ0n) is 13.3. The Labute approximate surface area is 140 Å². The van der Waals surface area contributed by atoms with Crippen molar-refractivity contribution in [2.24, 2.45) is 5.92 Å². The Kier molecular flexibility index (Phi) is 5.17. The van der Waals surface area contributed by atoms with Crippen molar-refractivity contribution >= 4 is 22.7 Å². The lowest BCUT2D eigenvalue weighted by atomic mass is 9.95. The van der Waals surface area contributed by atoms with Crippen LogP contribution in [0, 0.1) is 11.7 Å². The molecule has 1 aromatic rings. The Balaban J connectivity index is 1.76. The van der Waals surface area contributed by atoms with Crippen molar-refractivity contribution in [1.82, 2.24) is 4.90 Å². The number of thioether (sulfide) groups is 1. The highest BCUT2D eigenvalue weighted by molar-refractivity contribution is 8.14. The SMILES string of the molecule is CC(=O)SC1CCN(C(C(=O)C2CC2)c2ccccc2F)CC1. The average molecular weight is 335 g/mol. The van der Waals surface area contributed by atoms with Crippen molar-refractivity contribution in [3.63, 3.8) is 0 Å². The van der Waals surface area contributed by atoms with Crippen molar-refractivity contribution in [3.05, 3.63) is 35.6 Å². The molecule has 0 radical (unpaired) electrons. The van der Waals surface area contributed by atoms with E-state index in [2.05, 4.69) is 4.90 Å². The van der Waals surface area contributed by atoms with Crippen molar-refractivity contribution < 1.29 is 14.0 Å². The maximum atomic E-state index is 14.3. The van der Waals surface area contributed by atoms with E-state index in [-0.39, 0.29) is 22.6 Å². The summed E-state index contributed by atoms with van der Waals surface area (Å²) >= 11 is 1.39. The smallest absolute Gasteiger partial charge is 0.186 e. The Morgan fingerprint density at radius 3 is 2.39 bits per heavy atom. The Hall–Kier alpha value is -1.20. The topological polar surface area (TPSA) is 37.4 Å². The highest BCUT2D eigenvalue weighted by Crippen LogP contribution is 2.39. The van der Waals surface area contributed by atoms with Crippen LogP contribution < -0.4 is 0 Å². The van der Waals surface area contributed by atoms with Crippen LogP contribution in [0.4, 0.5) is 4.39 Å². The molecule has 1 heterocycles. The van der Waals surface area contributed by atoms with Crippen LogP contribution in [0.3, 0.4) is 0 Å². The highest BCUT2D eigenvalue weighted by atomic mass is 32.2. The molecular weight excluding hydrogens is 313 g/mol. The van der Waals surface area contributed by atoms with Crippen molar-refractivity contribution in [2.45, 2.75) is 43.9 Å². The number of likely N-dealkylation sites (tertiary alicyclic amines) is 1. The van der Waals surface area contributed by atoms with Crippen LogP contribution >= 0.6 is 11.8 Å². The Morgan fingerprint density at radius 2 is 1.83 bits per heavy atom. The molecule has 1 atom stereocenters. The van der Waals surface area contributed by atoms with Crippen LogP contribution in [-0.4, -0.2) is 34.1 Å². The standard InChI is InChI=1S/C18H22FNO2S/c1-12(21)23-14-8-10-20(11-9-14)17(18(22)13-6-7-13)15-4-2-3-5-16(15)19/h2-5,13-14,17H,6-11H2,1H3. The molecule has 0 spiro atoms. The number of hydrogen-bond donors (Lipinski definition) is 0. The van der Waals surface area contributed by atoms with Crippen LogP contribution in [0.1, 0.15) is 44.2 Å². The number of ketones is 1. The van der Waals surface area contributed by atoms with E-state index in [9.17, 15) is 14.0 Å². The van der Waals surface area contributed by atoms with E-state index in [1.54, 1.807) is 25.1 Å². The summed E-state index contributed by atoms with van der Waals surface area (Å²) in [6.07, 6.45) is 3.60. The molecule has 0 aromatic heterocycles. The summed E-state index contributed by atoms with van der Waals surface area (Å²) in [5.74, 6) is -0.0385. The van der Waals surface area contributed by atoms with E-state index in [0.29, 0.717) is 10.8 Å². The van der Waals surface area contributed by atoms with Gasteiger partial charge < -0.3 is 0 Å². The van der Waals surface area contributed by atoms with Crippen LogP contribution in [0.15, 0.2) is 24.3 Å². The summed E-state index contributed by atoms with van der Waals surface area (Å²) in [5.41, 5.74) is 0.502. The van der Waals surface area contributed by atoms with Crippen LogP contribution in [0.2, 0.25) is 0 Å². The predicted molar refractivity (Wildman–Crippen MR) is 89.7 cm³/mol. The van der Waals surface area contributed by atoms with Gasteiger partial charge in [0.1, 0.15) is 5.82 Å². The predicted octanol–water partition coefficient (Wildman–Crippen LogP) is 3.59. The minimum Gasteiger partial charge on any atom is -0.297 e. The first-order valence-electron chi connectivity index (χ1n) is 8.25. The van der Waals surface area contributed by atoms with Gasteiger partial charge in [0.05, 0.1) is 6.04 Å². The largest absolute Gasteiger partial charge is 0.297 e. The van der Waals surface area contributed by atoms with Crippen LogP contribution in [0.5, 0.6) is 0 Å². The van der Waals surface area contributed by atoms with Gasteiger partial charge >= 0.3 is 0 Å². The minimum absolute atomic E-state index is 0.101. The third-order valence-electron chi connectivity index (χ3n) is 4.62. The zero-order chi connectivity index (χ0) is 16.4. The average Bonchev–Trinajstić information content (AvgIpc) is 3.35. The molecule has 0 bridgehead atoms. The van der Waals surface area contributed by atoms with Gasteiger partial charge in [0, 0.05) is 36.7 Å². The molecule has 1 unspecified atom stereocenters. The molecule has 1 aliphatic carbocycles. The number of benzene rings is 1. The van der Waals surface area contributed by atoms with E-state index in [4.69, 9.17) is 0 Å². The molecule has 3 nitrogen and oxygen atoms in total. The minimum atomic E-state index is -0.466. The molecule has 5 heteroatoms. The molecule has 124 valence electrons. The van der Waals surface area contributed by atoms with Gasteiger partial charge in [0.25, 0.3) is 0 Å². The molecule has 1 saturated heterocycles. The maximum Gasteiger partial charge on any atom is 0.186 e. The number of carbonyl (C=O) groups is 2. The van der Waals surface area contributed by atoms with Crippen LogP contribution in [-0.2, 0) is 9.59 Å². The second kappa shape index (κ2) is 7.14. The number of halogens is 1. The van der Waals surface area contributed by atoms with Gasteiger partial charge in [-0.3, -0.25) is 14.5 Å². The highest BCUT2D eigenvalue weighted by Gasteiger charge is 2.40. The van der Waals surface area contributed by atoms with E-state index >= 15 is 0 Å². The van der Waals surface area contributed by atoms with Gasteiger partial charge in [0.2, 0.25) is 0 Å². The summed E-state index contributed by atoms with van der Waals surface area (Å²) in [5, 5.41) is 0.462. The molecule has 23 heavy (non-hydrogen) atoms. The summed E-state index contributed by atoms with van der Waals surface area (Å²) in [6.45, 7) is 3.07. The van der Waals surface area contributed by atoms with Gasteiger partial charge in [0.15, 0.2) is 10.9 Å². The van der Waals surface area contributed by atoms with Gasteiger partial charge in [-0.2, -0.15) is 0 Å². The zero-order valence-corrected chi connectivity index (χ0v) is 14.2. The second-order valence-electron chi connectivity index (χ2n) is 6.45. The van der Waals surface area contributed by atoms with Gasteiger partial charge in [-0.05, 0) is 31.7 Å². The van der Waals surface area contributed by atoms with Gasteiger partial charge in [-0.15, -0.1) is 0 Å². The normalized spacial score (nSPS) is 21.1. The fourth-order valence-electron chi connectivity index (χ4n) is 3.30. The number of carbonyl (C=O) groups excluding carboxylic acids is 2. The molecule has 0 amide bonds. The molecule has 3 rings (SSSR count). The summed E-state index contributed by atoms with van der Waals surface area (Å²) < 4.78 is 14.3. The summed E-state index contributed by atoms with van der Waals surface area (Å²) in [7, 11) is 0. The van der Waals surface area contributed by atoms with Gasteiger partial charge in [-0.1, -0.05) is 30.0 Å². The van der Waals surface area contributed by atoms with Crippen LogP contribution in [0.25, 0.3) is 0 Å². The van der Waals surface area contributed by atoms with E-state index in [0.717, 1.165) is 38.8 Å².